The van der Waals surface area contributed by atoms with E-state index >= 15 is 0 Å². The van der Waals surface area contributed by atoms with Gasteiger partial charge in [0.05, 0.1) is 26.4 Å². The predicted molar refractivity (Wildman–Crippen MR) is 82.1 cm³/mol. The predicted octanol–water partition coefficient (Wildman–Crippen LogP) is -4.97. The van der Waals surface area contributed by atoms with Crippen molar-refractivity contribution < 1.29 is 59.4 Å². The van der Waals surface area contributed by atoms with E-state index in [1.165, 1.54) is 0 Å². The molecular formula is C15H26O12. The fourth-order valence-electron chi connectivity index (χ4n) is 2.95. The zero-order chi connectivity index (χ0) is 19.7. The summed E-state index contributed by atoms with van der Waals surface area (Å²) >= 11 is 0. The molecule has 0 aliphatic carbocycles. The Labute approximate surface area is 154 Å². The van der Waals surface area contributed by atoms with Crippen molar-refractivity contribution in [1.82, 2.24) is 0 Å². The normalized spacial score (nSPS) is 50.6. The van der Waals surface area contributed by atoms with Crippen LogP contribution in [0.3, 0.4) is 0 Å². The second kappa shape index (κ2) is 8.90. The van der Waals surface area contributed by atoms with Crippen molar-refractivity contribution in [3.05, 3.63) is 0 Å². The van der Waals surface area contributed by atoms with Gasteiger partial charge < -0.3 is 59.4 Å². The van der Waals surface area contributed by atoms with Crippen LogP contribution in [0.25, 0.3) is 0 Å². The molecule has 0 aromatic carbocycles. The first-order valence-corrected chi connectivity index (χ1v) is 8.68. The van der Waals surface area contributed by atoms with Crippen LogP contribution in [0.1, 0.15) is 0 Å². The molecule has 3 rings (SSSR count). The quantitative estimate of drug-likeness (QED) is 0.202. The van der Waals surface area contributed by atoms with E-state index in [4.69, 9.17) is 28.8 Å². The van der Waals surface area contributed by atoms with E-state index in [1.54, 1.807) is 0 Å². The van der Waals surface area contributed by atoms with Crippen molar-refractivity contribution in [3.63, 3.8) is 0 Å². The lowest BCUT2D eigenvalue weighted by Gasteiger charge is -2.42. The van der Waals surface area contributed by atoms with Gasteiger partial charge in [-0.05, 0) is 0 Å². The van der Waals surface area contributed by atoms with Crippen LogP contribution in [0.4, 0.5) is 0 Å². The summed E-state index contributed by atoms with van der Waals surface area (Å²) in [5.74, 6) is 0. The standard InChI is InChI=1S/C15H26O12/c16-1-6-8(17)10(19)12(21)15(26-6)25-4-7-9(18)11(20)13(22)14(27-7)24-3-5-2-23-5/h5-22H,1-4H2. The third-order valence-electron chi connectivity index (χ3n) is 4.79. The molecule has 3 aliphatic rings. The molecule has 3 heterocycles. The van der Waals surface area contributed by atoms with Crippen LogP contribution in [0.5, 0.6) is 0 Å². The fourth-order valence-corrected chi connectivity index (χ4v) is 2.95. The summed E-state index contributed by atoms with van der Waals surface area (Å²) in [6.07, 6.45) is -14.3. The van der Waals surface area contributed by atoms with E-state index in [9.17, 15) is 30.6 Å². The van der Waals surface area contributed by atoms with Gasteiger partial charge in [0.2, 0.25) is 0 Å². The van der Waals surface area contributed by atoms with Crippen LogP contribution in [0, 0.1) is 0 Å². The van der Waals surface area contributed by atoms with Gasteiger partial charge in [0.15, 0.2) is 12.6 Å². The van der Waals surface area contributed by atoms with Gasteiger partial charge in [-0.25, -0.2) is 0 Å². The Bertz CT molecular complexity index is 474. The molecule has 11 unspecified atom stereocenters. The molecule has 12 heteroatoms. The second-order valence-electron chi connectivity index (χ2n) is 6.83. The van der Waals surface area contributed by atoms with Crippen LogP contribution in [-0.4, -0.2) is 130 Å². The van der Waals surface area contributed by atoms with E-state index < -0.39 is 74.6 Å². The summed E-state index contributed by atoms with van der Waals surface area (Å²) in [7, 11) is 0. The van der Waals surface area contributed by atoms with Gasteiger partial charge in [0, 0.05) is 0 Å². The minimum Gasteiger partial charge on any atom is -0.394 e. The molecule has 0 spiro atoms. The smallest absolute Gasteiger partial charge is 0.186 e. The highest BCUT2D eigenvalue weighted by Gasteiger charge is 2.47. The van der Waals surface area contributed by atoms with Gasteiger partial charge >= 0.3 is 0 Å². The molecule has 158 valence electrons. The molecule has 7 N–H and O–H groups in total. The van der Waals surface area contributed by atoms with Gasteiger partial charge in [0.25, 0.3) is 0 Å². The molecule has 12 nitrogen and oxygen atoms in total. The Hall–Kier alpha value is -0.480. The van der Waals surface area contributed by atoms with E-state index in [-0.39, 0.29) is 12.7 Å². The van der Waals surface area contributed by atoms with Crippen molar-refractivity contribution in [1.29, 1.82) is 0 Å². The Morgan fingerprint density at radius 3 is 1.67 bits per heavy atom. The number of hydrogen-bond donors (Lipinski definition) is 7. The third kappa shape index (κ3) is 4.75. The highest BCUT2D eigenvalue weighted by molar-refractivity contribution is 4.91. The van der Waals surface area contributed by atoms with Gasteiger partial charge in [-0.15, -0.1) is 0 Å². The molecule has 0 bridgehead atoms. The van der Waals surface area contributed by atoms with Crippen molar-refractivity contribution in [3.8, 4) is 0 Å². The lowest BCUT2D eigenvalue weighted by Crippen LogP contribution is -2.61. The summed E-state index contributed by atoms with van der Waals surface area (Å²) in [5, 5.41) is 68.6. The molecular weight excluding hydrogens is 372 g/mol. The average molecular weight is 398 g/mol. The van der Waals surface area contributed by atoms with Crippen LogP contribution in [0.15, 0.2) is 0 Å². The van der Waals surface area contributed by atoms with Gasteiger partial charge in [0.1, 0.15) is 54.9 Å². The van der Waals surface area contributed by atoms with Crippen LogP contribution in [0.2, 0.25) is 0 Å². The van der Waals surface area contributed by atoms with Gasteiger partial charge in [-0.3, -0.25) is 0 Å². The Morgan fingerprint density at radius 2 is 1.15 bits per heavy atom. The van der Waals surface area contributed by atoms with Crippen molar-refractivity contribution >= 4 is 0 Å². The van der Waals surface area contributed by atoms with Crippen molar-refractivity contribution in [2.24, 2.45) is 0 Å². The number of rotatable bonds is 7. The molecule has 0 radical (unpaired) electrons. The van der Waals surface area contributed by atoms with Crippen LogP contribution in [-0.2, 0) is 23.7 Å². The molecule has 3 fully saturated rings. The topological polar surface area (TPSA) is 191 Å². The summed E-state index contributed by atoms with van der Waals surface area (Å²) in [6, 6.07) is 0. The minimum atomic E-state index is -1.61. The summed E-state index contributed by atoms with van der Waals surface area (Å²) < 4.78 is 26.2. The van der Waals surface area contributed by atoms with E-state index in [2.05, 4.69) is 0 Å². The lowest BCUT2D eigenvalue weighted by atomic mass is 9.98. The lowest BCUT2D eigenvalue weighted by molar-refractivity contribution is -0.331. The van der Waals surface area contributed by atoms with Gasteiger partial charge in [-0.2, -0.15) is 0 Å². The number of ether oxygens (including phenoxy) is 5. The Kier molecular flexibility index (Phi) is 7.00. The number of aliphatic hydroxyl groups excluding tert-OH is 7. The molecule has 0 amide bonds. The largest absolute Gasteiger partial charge is 0.394 e. The van der Waals surface area contributed by atoms with E-state index in [1.807, 2.05) is 0 Å². The highest BCUT2D eigenvalue weighted by atomic mass is 16.7. The van der Waals surface area contributed by atoms with Crippen LogP contribution >= 0.6 is 0 Å². The Morgan fingerprint density at radius 1 is 0.667 bits per heavy atom. The molecule has 0 aromatic heterocycles. The third-order valence-corrected chi connectivity index (χ3v) is 4.79. The van der Waals surface area contributed by atoms with Crippen LogP contribution < -0.4 is 0 Å². The fraction of sp³-hybridized carbons (Fsp3) is 1.00. The zero-order valence-corrected chi connectivity index (χ0v) is 14.4. The van der Waals surface area contributed by atoms with Gasteiger partial charge in [-0.1, -0.05) is 0 Å². The molecule has 0 saturated carbocycles. The highest BCUT2D eigenvalue weighted by Crippen LogP contribution is 2.26. The minimum absolute atomic E-state index is 0.103. The average Bonchev–Trinajstić information content (AvgIpc) is 3.48. The van der Waals surface area contributed by atoms with Crippen molar-refractivity contribution in [2.75, 3.05) is 26.4 Å². The number of hydrogen-bond acceptors (Lipinski definition) is 12. The number of epoxide rings is 1. The van der Waals surface area contributed by atoms with E-state index in [0.29, 0.717) is 6.61 Å². The maximum Gasteiger partial charge on any atom is 0.186 e. The monoisotopic (exact) mass is 398 g/mol. The van der Waals surface area contributed by atoms with Crippen molar-refractivity contribution in [2.45, 2.75) is 67.5 Å². The molecule has 11 atom stereocenters. The summed E-state index contributed by atoms with van der Waals surface area (Å²) in [4.78, 5) is 0. The second-order valence-corrected chi connectivity index (χ2v) is 6.83. The molecule has 27 heavy (non-hydrogen) atoms. The molecule has 0 aromatic rings. The maximum atomic E-state index is 10.1. The SMILES string of the molecule is OCC1OC(OCC2OC(OCC3CO3)C(O)C(O)C2O)C(O)C(O)C1O. The van der Waals surface area contributed by atoms with E-state index in [0.717, 1.165) is 0 Å². The molecule has 3 aliphatic heterocycles. The first kappa shape index (κ1) is 21.2. The zero-order valence-electron chi connectivity index (χ0n) is 14.4. The molecule has 3 saturated heterocycles. The first-order chi connectivity index (χ1) is 12.8. The summed E-state index contributed by atoms with van der Waals surface area (Å²) in [6.45, 7) is -0.340. The number of aliphatic hydroxyl groups is 7. The summed E-state index contributed by atoms with van der Waals surface area (Å²) in [5.41, 5.74) is 0. The Balaban J connectivity index is 1.56. The first-order valence-electron chi connectivity index (χ1n) is 8.68. The maximum absolute atomic E-state index is 10.1.